The quantitative estimate of drug-likeness (QED) is 0.439. The minimum atomic E-state index is -4.81. The Kier molecular flexibility index (Phi) is 5.53. The number of nitrogens with zero attached hydrogens (tertiary/aromatic N) is 1. The number of phosphoric ester groups is 1. The molecule has 2 unspecified atom stereocenters. The van der Waals surface area contributed by atoms with Crippen molar-refractivity contribution in [3.8, 4) is 11.5 Å². The van der Waals surface area contributed by atoms with Gasteiger partial charge in [-0.25, -0.2) is 4.57 Å². The standard InChI is InChI=1S/C12H17N2O7PS/c1-3-20-12(16)7-5-23-11(14-7)9-8(21-22(17,18)19)4-13-6(2)10(9)15/h4,7,11,14-15H,3,5H2,1-2H3,(H2,17,18,19). The van der Waals surface area contributed by atoms with Crippen LogP contribution >= 0.6 is 19.6 Å². The smallest absolute Gasteiger partial charge is 0.506 e. The van der Waals surface area contributed by atoms with Crippen molar-refractivity contribution in [2.24, 2.45) is 0 Å². The van der Waals surface area contributed by atoms with Gasteiger partial charge in [-0.15, -0.1) is 11.8 Å². The number of aryl methyl sites for hydroxylation is 1. The SMILES string of the molecule is CCOC(=O)C1CSC(c2c(OP(=O)(O)O)cnc(C)c2O)N1. The van der Waals surface area contributed by atoms with Gasteiger partial charge in [-0.1, -0.05) is 0 Å². The fraction of sp³-hybridized carbons (Fsp3) is 0.500. The molecule has 0 radical (unpaired) electrons. The monoisotopic (exact) mass is 364 g/mol. The molecule has 1 aliphatic rings. The van der Waals surface area contributed by atoms with Gasteiger partial charge in [0.1, 0.15) is 11.8 Å². The molecule has 1 aromatic rings. The Morgan fingerprint density at radius 3 is 2.87 bits per heavy atom. The summed E-state index contributed by atoms with van der Waals surface area (Å²) in [5.74, 6) is -0.522. The third-order valence-electron chi connectivity index (χ3n) is 3.07. The molecule has 0 saturated carbocycles. The third kappa shape index (κ3) is 4.36. The zero-order valence-electron chi connectivity index (χ0n) is 12.4. The number of aromatic hydroxyl groups is 1. The number of hydrogen-bond acceptors (Lipinski definition) is 8. The molecule has 0 spiro atoms. The normalized spacial score (nSPS) is 21.2. The first kappa shape index (κ1) is 18.0. The number of nitrogens with one attached hydrogen (secondary N) is 1. The zero-order chi connectivity index (χ0) is 17.2. The van der Waals surface area contributed by atoms with E-state index in [0.717, 1.165) is 6.20 Å². The van der Waals surface area contributed by atoms with Crippen molar-refractivity contribution in [1.29, 1.82) is 0 Å². The summed E-state index contributed by atoms with van der Waals surface area (Å²) in [5, 5.41) is 12.6. The lowest BCUT2D eigenvalue weighted by Crippen LogP contribution is -2.35. The maximum atomic E-state index is 11.8. The van der Waals surface area contributed by atoms with Crippen molar-refractivity contribution in [2.75, 3.05) is 12.4 Å². The van der Waals surface area contributed by atoms with E-state index in [9.17, 15) is 14.5 Å². The number of esters is 1. The Balaban J connectivity index is 2.30. The van der Waals surface area contributed by atoms with Crippen molar-refractivity contribution >= 4 is 25.6 Å². The molecule has 2 heterocycles. The Hall–Kier alpha value is -1.32. The summed E-state index contributed by atoms with van der Waals surface area (Å²) in [6.07, 6.45) is 1.13. The van der Waals surface area contributed by atoms with E-state index >= 15 is 0 Å². The molecule has 2 atom stereocenters. The number of pyridine rings is 1. The first-order chi connectivity index (χ1) is 10.7. The highest BCUT2D eigenvalue weighted by Gasteiger charge is 2.36. The molecule has 0 aliphatic carbocycles. The van der Waals surface area contributed by atoms with Gasteiger partial charge in [0.25, 0.3) is 0 Å². The number of ether oxygens (including phenoxy) is 1. The van der Waals surface area contributed by atoms with Crippen LogP contribution in [0.1, 0.15) is 23.6 Å². The van der Waals surface area contributed by atoms with Crippen LogP contribution in [0.25, 0.3) is 0 Å². The van der Waals surface area contributed by atoms with Crippen LogP contribution in [0, 0.1) is 6.92 Å². The van der Waals surface area contributed by atoms with Crippen LogP contribution in [0.3, 0.4) is 0 Å². The van der Waals surface area contributed by atoms with Gasteiger partial charge >= 0.3 is 13.8 Å². The highest BCUT2D eigenvalue weighted by Crippen LogP contribution is 2.47. The van der Waals surface area contributed by atoms with Gasteiger partial charge in [-0.2, -0.15) is 0 Å². The highest BCUT2D eigenvalue weighted by atomic mass is 32.2. The molecule has 1 fully saturated rings. The number of carbonyl (C=O) groups is 1. The Morgan fingerprint density at radius 2 is 2.26 bits per heavy atom. The lowest BCUT2D eigenvalue weighted by molar-refractivity contribution is -0.144. The summed E-state index contributed by atoms with van der Waals surface area (Å²) in [7, 11) is -4.81. The van der Waals surface area contributed by atoms with E-state index in [1.807, 2.05) is 0 Å². The summed E-state index contributed by atoms with van der Waals surface area (Å²) >= 11 is 1.29. The van der Waals surface area contributed by atoms with Crippen molar-refractivity contribution in [3.63, 3.8) is 0 Å². The second kappa shape index (κ2) is 7.06. The predicted molar refractivity (Wildman–Crippen MR) is 82.1 cm³/mol. The van der Waals surface area contributed by atoms with Gasteiger partial charge < -0.3 is 14.4 Å². The maximum absolute atomic E-state index is 11.8. The van der Waals surface area contributed by atoms with Crippen LogP contribution in [0.15, 0.2) is 6.20 Å². The fourth-order valence-electron chi connectivity index (χ4n) is 2.07. The lowest BCUT2D eigenvalue weighted by Gasteiger charge is -2.19. The first-order valence-corrected chi connectivity index (χ1v) is 9.28. The third-order valence-corrected chi connectivity index (χ3v) is 4.74. The fourth-order valence-corrected chi connectivity index (χ4v) is 3.74. The number of carbonyl (C=O) groups excluding carboxylic acids is 1. The van der Waals surface area contributed by atoms with E-state index in [2.05, 4.69) is 14.8 Å². The number of thioether (sulfide) groups is 1. The second-order valence-corrected chi connectivity index (χ2v) is 7.04. The largest absolute Gasteiger partial charge is 0.524 e. The molecule has 2 rings (SSSR count). The molecule has 23 heavy (non-hydrogen) atoms. The van der Waals surface area contributed by atoms with Crippen LogP contribution in [-0.4, -0.2) is 44.2 Å². The molecule has 0 bridgehead atoms. The summed E-state index contributed by atoms with van der Waals surface area (Å²) < 4.78 is 20.6. The molecular formula is C12H17N2O7PS. The van der Waals surface area contributed by atoms with E-state index < -0.39 is 25.2 Å². The Bertz CT molecular complexity index is 651. The summed E-state index contributed by atoms with van der Waals surface area (Å²) in [4.78, 5) is 33.6. The lowest BCUT2D eigenvalue weighted by atomic mass is 10.1. The highest BCUT2D eigenvalue weighted by molar-refractivity contribution is 7.99. The van der Waals surface area contributed by atoms with Gasteiger partial charge in [-0.3, -0.25) is 24.9 Å². The number of rotatable bonds is 5. The van der Waals surface area contributed by atoms with E-state index in [0.29, 0.717) is 5.75 Å². The minimum absolute atomic E-state index is 0.137. The van der Waals surface area contributed by atoms with Gasteiger partial charge in [0.2, 0.25) is 0 Å². The van der Waals surface area contributed by atoms with Crippen LogP contribution in [0.5, 0.6) is 11.5 Å². The van der Waals surface area contributed by atoms with Crippen LogP contribution < -0.4 is 9.84 Å². The molecule has 4 N–H and O–H groups in total. The number of aromatic nitrogens is 1. The van der Waals surface area contributed by atoms with Crippen LogP contribution in [0.4, 0.5) is 0 Å². The average Bonchev–Trinajstić information content (AvgIpc) is 2.91. The van der Waals surface area contributed by atoms with E-state index in [4.69, 9.17) is 14.5 Å². The first-order valence-electron chi connectivity index (χ1n) is 6.70. The Labute approximate surface area is 136 Å². The second-order valence-electron chi connectivity index (χ2n) is 4.74. The number of hydrogen-bond donors (Lipinski definition) is 4. The van der Waals surface area contributed by atoms with Crippen molar-refractivity contribution in [3.05, 3.63) is 17.5 Å². The molecule has 11 heteroatoms. The molecular weight excluding hydrogens is 347 g/mol. The number of phosphoric acid groups is 1. The van der Waals surface area contributed by atoms with Crippen molar-refractivity contribution < 1.29 is 33.5 Å². The molecule has 1 saturated heterocycles. The van der Waals surface area contributed by atoms with Gasteiger partial charge in [0.15, 0.2) is 5.75 Å². The molecule has 0 amide bonds. The summed E-state index contributed by atoms with van der Waals surface area (Å²) in [6.45, 7) is 3.49. The topological polar surface area (TPSA) is 138 Å². The van der Waals surface area contributed by atoms with Gasteiger partial charge in [0, 0.05) is 5.75 Å². The van der Waals surface area contributed by atoms with E-state index in [1.54, 1.807) is 13.8 Å². The zero-order valence-corrected chi connectivity index (χ0v) is 14.1. The molecule has 1 aromatic heterocycles. The molecule has 128 valence electrons. The van der Waals surface area contributed by atoms with Crippen molar-refractivity contribution in [2.45, 2.75) is 25.3 Å². The predicted octanol–water partition coefficient (Wildman–Crippen LogP) is 0.834. The van der Waals surface area contributed by atoms with Crippen LogP contribution in [-0.2, 0) is 14.1 Å². The molecule has 1 aliphatic heterocycles. The van der Waals surface area contributed by atoms with E-state index in [1.165, 1.54) is 11.8 Å². The van der Waals surface area contributed by atoms with Gasteiger partial charge in [0.05, 0.1) is 29.4 Å². The van der Waals surface area contributed by atoms with Crippen molar-refractivity contribution in [1.82, 2.24) is 10.3 Å². The summed E-state index contributed by atoms with van der Waals surface area (Å²) in [5.41, 5.74) is 0.415. The average molecular weight is 364 g/mol. The minimum Gasteiger partial charge on any atom is -0.506 e. The Morgan fingerprint density at radius 1 is 1.57 bits per heavy atom. The van der Waals surface area contributed by atoms with E-state index in [-0.39, 0.29) is 29.4 Å². The molecule has 9 nitrogen and oxygen atoms in total. The summed E-state index contributed by atoms with van der Waals surface area (Å²) in [6, 6.07) is -0.583. The maximum Gasteiger partial charge on any atom is 0.524 e. The van der Waals surface area contributed by atoms with Crippen LogP contribution in [0.2, 0.25) is 0 Å². The molecule has 0 aromatic carbocycles. The van der Waals surface area contributed by atoms with Gasteiger partial charge in [-0.05, 0) is 13.8 Å².